The Bertz CT molecular complexity index is 514. The Hall–Kier alpha value is -1.77. The third kappa shape index (κ3) is 1.28. The first-order valence-corrected chi connectivity index (χ1v) is 4.06. The maximum absolute atomic E-state index is 11.2. The fourth-order valence-electron chi connectivity index (χ4n) is 1.33. The van der Waals surface area contributed by atoms with Gasteiger partial charge in [-0.15, -0.1) is 0 Å². The first kappa shape index (κ1) is 7.86. The molecule has 0 unspecified atom stereocenters. The highest BCUT2D eigenvalue weighted by atomic mass is 16.1. The molecule has 3 N–H and O–H groups in total. The first-order chi connectivity index (χ1) is 6.16. The van der Waals surface area contributed by atoms with Gasteiger partial charge in [0.15, 0.2) is 0 Å². The number of aryl methyl sites for hydroxylation is 1. The highest BCUT2D eigenvalue weighted by molar-refractivity contribution is 5.81. The summed E-state index contributed by atoms with van der Waals surface area (Å²) < 4.78 is 0. The largest absolute Gasteiger partial charge is 0.394 e. The number of nitrogens with two attached hydrogens (primary N) is 1. The Kier molecular flexibility index (Phi) is 1.59. The molecule has 0 saturated carbocycles. The van der Waals surface area contributed by atoms with Gasteiger partial charge < -0.3 is 10.7 Å². The average Bonchev–Trinajstić information content (AvgIpc) is 2.08. The number of rotatable bonds is 0. The standard InChI is InChI=1S/C10H10N2O/c1-6-2-3-7-5-8(11)10(13)12-9(7)4-6/h2-5H,11H2,1H3,(H,12,13). The number of hydrogen-bond acceptors (Lipinski definition) is 2. The van der Waals surface area contributed by atoms with Gasteiger partial charge >= 0.3 is 0 Å². The van der Waals surface area contributed by atoms with Gasteiger partial charge in [0, 0.05) is 10.9 Å². The maximum Gasteiger partial charge on any atom is 0.271 e. The number of fused-ring (bicyclic) bond motifs is 1. The summed E-state index contributed by atoms with van der Waals surface area (Å²) in [5, 5.41) is 0.961. The Morgan fingerprint density at radius 3 is 2.85 bits per heavy atom. The van der Waals surface area contributed by atoms with Gasteiger partial charge in [-0.1, -0.05) is 12.1 Å². The Labute approximate surface area is 75.2 Å². The molecule has 0 aliphatic rings. The second kappa shape index (κ2) is 2.62. The smallest absolute Gasteiger partial charge is 0.271 e. The van der Waals surface area contributed by atoms with E-state index >= 15 is 0 Å². The number of anilines is 1. The van der Waals surface area contributed by atoms with Crippen LogP contribution in [0, 0.1) is 6.92 Å². The van der Waals surface area contributed by atoms with Crippen LogP contribution in [0.4, 0.5) is 5.69 Å². The molecule has 1 aromatic heterocycles. The minimum atomic E-state index is -0.224. The lowest BCUT2D eigenvalue weighted by molar-refractivity contribution is 1.30. The number of H-pyrrole nitrogens is 1. The molecule has 0 bridgehead atoms. The molecule has 0 aliphatic heterocycles. The van der Waals surface area contributed by atoms with Crippen molar-refractivity contribution in [2.24, 2.45) is 0 Å². The molecule has 1 aromatic carbocycles. The molecule has 3 heteroatoms. The summed E-state index contributed by atoms with van der Waals surface area (Å²) in [4.78, 5) is 13.9. The lowest BCUT2D eigenvalue weighted by atomic mass is 10.1. The summed E-state index contributed by atoms with van der Waals surface area (Å²) in [5.41, 5.74) is 7.47. The van der Waals surface area contributed by atoms with Crippen LogP contribution < -0.4 is 11.3 Å². The van der Waals surface area contributed by atoms with Gasteiger partial charge in [-0.2, -0.15) is 0 Å². The zero-order chi connectivity index (χ0) is 9.42. The van der Waals surface area contributed by atoms with Crippen LogP contribution in [0.3, 0.4) is 0 Å². The van der Waals surface area contributed by atoms with Gasteiger partial charge in [-0.3, -0.25) is 4.79 Å². The van der Waals surface area contributed by atoms with E-state index in [1.165, 1.54) is 0 Å². The van der Waals surface area contributed by atoms with E-state index in [0.29, 0.717) is 0 Å². The van der Waals surface area contributed by atoms with Crippen LogP contribution in [0.15, 0.2) is 29.1 Å². The molecule has 1 heterocycles. The number of benzene rings is 1. The molecule has 0 atom stereocenters. The predicted molar refractivity (Wildman–Crippen MR) is 53.7 cm³/mol. The number of aromatic nitrogens is 1. The van der Waals surface area contributed by atoms with Crippen molar-refractivity contribution in [2.75, 3.05) is 5.73 Å². The van der Waals surface area contributed by atoms with Crippen molar-refractivity contribution in [1.29, 1.82) is 0 Å². The Balaban J connectivity index is 2.89. The topological polar surface area (TPSA) is 58.9 Å². The van der Waals surface area contributed by atoms with E-state index in [2.05, 4.69) is 4.98 Å². The molecular weight excluding hydrogens is 164 g/mol. The molecule has 0 spiro atoms. The zero-order valence-electron chi connectivity index (χ0n) is 7.29. The van der Waals surface area contributed by atoms with Crippen LogP contribution in [0.1, 0.15) is 5.56 Å². The van der Waals surface area contributed by atoms with E-state index in [0.717, 1.165) is 16.5 Å². The SMILES string of the molecule is Cc1ccc2cc(N)c(=O)[nH]c2c1. The average molecular weight is 174 g/mol. The number of nitrogens with one attached hydrogen (secondary N) is 1. The second-order valence-corrected chi connectivity index (χ2v) is 3.14. The van der Waals surface area contributed by atoms with Crippen molar-refractivity contribution < 1.29 is 0 Å². The van der Waals surface area contributed by atoms with Gasteiger partial charge in [0.25, 0.3) is 5.56 Å². The van der Waals surface area contributed by atoms with Crippen LogP contribution in [0.5, 0.6) is 0 Å². The van der Waals surface area contributed by atoms with Crippen LogP contribution in [0.25, 0.3) is 10.9 Å². The molecule has 2 rings (SSSR count). The third-order valence-corrected chi connectivity index (χ3v) is 2.03. The molecule has 2 aromatic rings. The predicted octanol–water partition coefficient (Wildman–Crippen LogP) is 1.42. The number of pyridine rings is 1. The van der Waals surface area contributed by atoms with E-state index in [-0.39, 0.29) is 11.2 Å². The minimum absolute atomic E-state index is 0.224. The zero-order valence-corrected chi connectivity index (χ0v) is 7.29. The first-order valence-electron chi connectivity index (χ1n) is 4.06. The molecule has 3 nitrogen and oxygen atoms in total. The summed E-state index contributed by atoms with van der Waals surface area (Å²) >= 11 is 0. The summed E-state index contributed by atoms with van der Waals surface area (Å²) in [6.45, 7) is 1.98. The van der Waals surface area contributed by atoms with E-state index < -0.39 is 0 Å². The number of hydrogen-bond donors (Lipinski definition) is 2. The molecule has 13 heavy (non-hydrogen) atoms. The molecular formula is C10H10N2O. The Morgan fingerprint density at radius 2 is 2.08 bits per heavy atom. The quantitative estimate of drug-likeness (QED) is 0.634. The van der Waals surface area contributed by atoms with Crippen molar-refractivity contribution >= 4 is 16.6 Å². The van der Waals surface area contributed by atoms with Crippen molar-refractivity contribution in [1.82, 2.24) is 4.98 Å². The van der Waals surface area contributed by atoms with Gasteiger partial charge in [0.1, 0.15) is 0 Å². The highest BCUT2D eigenvalue weighted by Crippen LogP contribution is 2.13. The van der Waals surface area contributed by atoms with Crippen molar-refractivity contribution in [3.8, 4) is 0 Å². The monoisotopic (exact) mass is 174 g/mol. The van der Waals surface area contributed by atoms with E-state index in [9.17, 15) is 4.79 Å². The summed E-state index contributed by atoms with van der Waals surface area (Å²) in [6, 6.07) is 7.54. The summed E-state index contributed by atoms with van der Waals surface area (Å²) in [7, 11) is 0. The minimum Gasteiger partial charge on any atom is -0.394 e. The lowest BCUT2D eigenvalue weighted by Gasteiger charge is -1.99. The van der Waals surface area contributed by atoms with E-state index in [1.54, 1.807) is 6.07 Å². The lowest BCUT2D eigenvalue weighted by Crippen LogP contribution is -2.10. The molecule has 0 amide bonds. The third-order valence-electron chi connectivity index (χ3n) is 2.03. The van der Waals surface area contributed by atoms with Gasteiger partial charge in [-0.05, 0) is 24.6 Å². The van der Waals surface area contributed by atoms with Crippen LogP contribution in [-0.2, 0) is 0 Å². The van der Waals surface area contributed by atoms with E-state index in [4.69, 9.17) is 5.73 Å². The van der Waals surface area contributed by atoms with Gasteiger partial charge in [0.2, 0.25) is 0 Å². The van der Waals surface area contributed by atoms with E-state index in [1.807, 2.05) is 25.1 Å². The van der Waals surface area contributed by atoms with Crippen molar-refractivity contribution in [3.05, 3.63) is 40.2 Å². The Morgan fingerprint density at radius 1 is 1.31 bits per heavy atom. The number of aromatic amines is 1. The van der Waals surface area contributed by atoms with Gasteiger partial charge in [0.05, 0.1) is 5.69 Å². The van der Waals surface area contributed by atoms with Crippen molar-refractivity contribution in [2.45, 2.75) is 6.92 Å². The highest BCUT2D eigenvalue weighted by Gasteiger charge is 1.98. The normalized spacial score (nSPS) is 10.5. The molecule has 0 fully saturated rings. The van der Waals surface area contributed by atoms with Crippen LogP contribution >= 0.6 is 0 Å². The molecule has 0 aliphatic carbocycles. The van der Waals surface area contributed by atoms with Crippen molar-refractivity contribution in [3.63, 3.8) is 0 Å². The summed E-state index contributed by atoms with van der Waals surface area (Å²) in [5.74, 6) is 0. The molecule has 0 radical (unpaired) electrons. The molecule has 66 valence electrons. The fourth-order valence-corrected chi connectivity index (χ4v) is 1.33. The van der Waals surface area contributed by atoms with Gasteiger partial charge in [-0.25, -0.2) is 0 Å². The number of nitrogen functional groups attached to an aromatic ring is 1. The van der Waals surface area contributed by atoms with Crippen LogP contribution in [0.2, 0.25) is 0 Å². The fraction of sp³-hybridized carbons (Fsp3) is 0.100. The van der Waals surface area contributed by atoms with Crippen LogP contribution in [-0.4, -0.2) is 4.98 Å². The molecule has 0 saturated heterocycles. The second-order valence-electron chi connectivity index (χ2n) is 3.14. The maximum atomic E-state index is 11.2. The summed E-state index contributed by atoms with van der Waals surface area (Å²) in [6.07, 6.45) is 0.